The molecule has 6 rings (SSSR count). The molecule has 27 heavy (non-hydrogen) atoms. The Balaban J connectivity index is 1.41. The van der Waals surface area contributed by atoms with Crippen LogP contribution in [0, 0.1) is 24.7 Å². The Morgan fingerprint density at radius 2 is 1.63 bits per heavy atom. The molecule has 0 spiro atoms. The van der Waals surface area contributed by atoms with Crippen LogP contribution >= 0.6 is 11.3 Å². The topological polar surface area (TPSA) is 74.8 Å². The first kappa shape index (κ1) is 17.1. The van der Waals surface area contributed by atoms with Crippen LogP contribution in [0.1, 0.15) is 53.1 Å². The minimum Gasteiger partial charge on any atom is -0.291 e. The fourth-order valence-electron chi connectivity index (χ4n) is 6.21. The van der Waals surface area contributed by atoms with Crippen molar-refractivity contribution in [2.45, 2.75) is 51.0 Å². The van der Waals surface area contributed by atoms with E-state index in [1.807, 2.05) is 13.0 Å². The van der Waals surface area contributed by atoms with Gasteiger partial charge in [0.05, 0.1) is 17.0 Å². The molecule has 4 bridgehead atoms. The van der Waals surface area contributed by atoms with Gasteiger partial charge in [0.15, 0.2) is 5.78 Å². The molecule has 5 fully saturated rings. The SMILES string of the molecule is Cc1ccc(C(=O)CN2C(=O)C(=O)N(C34CC5CC(CC(C5)C3)C4)C2=O)s1. The van der Waals surface area contributed by atoms with E-state index in [2.05, 4.69) is 0 Å². The van der Waals surface area contributed by atoms with Gasteiger partial charge in [-0.15, -0.1) is 11.3 Å². The maximum absolute atomic E-state index is 13.1. The zero-order valence-corrected chi connectivity index (χ0v) is 16.1. The standard InChI is InChI=1S/C20H22N2O4S/c1-11-2-3-16(27-11)15(23)10-21-17(24)18(25)22(19(21)26)20-7-12-4-13(8-20)6-14(5-12)9-20/h2-3,12-14H,4-10H2,1H3. The van der Waals surface area contributed by atoms with Crippen LogP contribution in [0.2, 0.25) is 0 Å². The number of carbonyl (C=O) groups excluding carboxylic acids is 4. The Labute approximate surface area is 161 Å². The summed E-state index contributed by atoms with van der Waals surface area (Å²) in [7, 11) is 0. The van der Waals surface area contributed by atoms with E-state index in [1.54, 1.807) is 6.07 Å². The molecule has 0 N–H and O–H groups in total. The van der Waals surface area contributed by atoms with Crippen molar-refractivity contribution in [2.24, 2.45) is 17.8 Å². The van der Waals surface area contributed by atoms with Crippen LogP contribution in [0.4, 0.5) is 4.79 Å². The summed E-state index contributed by atoms with van der Waals surface area (Å²) < 4.78 is 0. The molecule has 1 saturated heterocycles. The Bertz CT molecular complexity index is 838. The second kappa shape index (κ2) is 5.74. The van der Waals surface area contributed by atoms with Gasteiger partial charge in [-0.1, -0.05) is 0 Å². The lowest BCUT2D eigenvalue weighted by Crippen LogP contribution is -2.62. The normalized spacial score (nSPS) is 34.9. The smallest absolute Gasteiger partial charge is 0.291 e. The van der Waals surface area contributed by atoms with Crippen molar-refractivity contribution in [2.75, 3.05) is 6.54 Å². The molecule has 4 amide bonds. The van der Waals surface area contributed by atoms with Gasteiger partial charge in [0.1, 0.15) is 0 Å². The molecule has 0 radical (unpaired) electrons. The number of rotatable bonds is 4. The zero-order chi connectivity index (χ0) is 18.9. The highest BCUT2D eigenvalue weighted by Gasteiger charge is 2.61. The van der Waals surface area contributed by atoms with Gasteiger partial charge in [-0.25, -0.2) is 14.6 Å². The number of imide groups is 2. The van der Waals surface area contributed by atoms with E-state index in [-0.39, 0.29) is 12.3 Å². The monoisotopic (exact) mass is 386 g/mol. The van der Waals surface area contributed by atoms with Crippen molar-refractivity contribution in [1.29, 1.82) is 0 Å². The number of ketones is 1. The first-order valence-corrected chi connectivity index (χ1v) is 10.5. The lowest BCUT2D eigenvalue weighted by molar-refractivity contribution is -0.149. The Kier molecular flexibility index (Phi) is 3.63. The van der Waals surface area contributed by atoms with Crippen molar-refractivity contribution in [3.8, 4) is 0 Å². The highest BCUT2D eigenvalue weighted by molar-refractivity contribution is 7.14. The van der Waals surface area contributed by atoms with Crippen LogP contribution in [0.3, 0.4) is 0 Å². The van der Waals surface area contributed by atoms with E-state index in [4.69, 9.17) is 0 Å². The molecule has 1 aliphatic heterocycles. The number of Topliss-reactive ketones (excluding diaryl/α,β-unsaturated/α-hetero) is 1. The Hall–Kier alpha value is -2.02. The summed E-state index contributed by atoms with van der Waals surface area (Å²) in [5.74, 6) is -0.227. The molecule has 2 heterocycles. The predicted octanol–water partition coefficient (Wildman–Crippen LogP) is 3.00. The van der Waals surface area contributed by atoms with Gasteiger partial charge in [-0.3, -0.25) is 14.4 Å². The first-order chi connectivity index (χ1) is 12.9. The van der Waals surface area contributed by atoms with E-state index in [0.717, 1.165) is 29.0 Å². The highest BCUT2D eigenvalue weighted by atomic mass is 32.1. The Morgan fingerprint density at radius 1 is 1.04 bits per heavy atom. The van der Waals surface area contributed by atoms with Gasteiger partial charge in [-0.2, -0.15) is 0 Å². The van der Waals surface area contributed by atoms with Gasteiger partial charge in [-0.05, 0) is 75.3 Å². The third kappa shape index (κ3) is 2.51. The number of aryl methyl sites for hydroxylation is 1. The molecule has 7 heteroatoms. The summed E-state index contributed by atoms with van der Waals surface area (Å²) in [6.07, 6.45) is 6.00. The van der Waals surface area contributed by atoms with Crippen molar-refractivity contribution in [3.63, 3.8) is 0 Å². The van der Waals surface area contributed by atoms with Gasteiger partial charge < -0.3 is 0 Å². The van der Waals surface area contributed by atoms with E-state index in [1.165, 1.54) is 35.5 Å². The van der Waals surface area contributed by atoms with Gasteiger partial charge in [0.2, 0.25) is 0 Å². The molecule has 4 saturated carbocycles. The summed E-state index contributed by atoms with van der Waals surface area (Å²) in [5.41, 5.74) is -0.504. The summed E-state index contributed by atoms with van der Waals surface area (Å²) in [4.78, 5) is 54.5. The average Bonchev–Trinajstić information content (AvgIpc) is 3.11. The Morgan fingerprint density at radius 3 is 2.15 bits per heavy atom. The third-order valence-electron chi connectivity index (χ3n) is 6.85. The van der Waals surface area contributed by atoms with E-state index < -0.39 is 23.4 Å². The van der Waals surface area contributed by atoms with Crippen molar-refractivity contribution in [1.82, 2.24) is 9.80 Å². The summed E-state index contributed by atoms with van der Waals surface area (Å²) in [6.45, 7) is 1.54. The number of carbonyl (C=O) groups is 4. The largest absolute Gasteiger partial charge is 0.335 e. The number of nitrogens with zero attached hydrogens (tertiary/aromatic N) is 2. The molecule has 6 nitrogen and oxygen atoms in total. The number of thiophene rings is 1. The van der Waals surface area contributed by atoms with E-state index >= 15 is 0 Å². The number of amides is 4. The fourth-order valence-corrected chi connectivity index (χ4v) is 7.01. The lowest BCUT2D eigenvalue weighted by atomic mass is 9.52. The van der Waals surface area contributed by atoms with Crippen molar-refractivity contribution in [3.05, 3.63) is 21.9 Å². The zero-order valence-electron chi connectivity index (χ0n) is 15.3. The predicted molar refractivity (Wildman–Crippen MR) is 98.2 cm³/mol. The second-order valence-corrected chi connectivity index (χ2v) is 10.1. The summed E-state index contributed by atoms with van der Waals surface area (Å²) in [5, 5.41) is 0. The molecule has 0 unspecified atom stereocenters. The highest BCUT2D eigenvalue weighted by Crippen LogP contribution is 2.58. The van der Waals surface area contributed by atoms with Gasteiger partial charge in [0.25, 0.3) is 0 Å². The summed E-state index contributed by atoms with van der Waals surface area (Å²) >= 11 is 1.33. The fraction of sp³-hybridized carbons (Fsp3) is 0.600. The van der Waals surface area contributed by atoms with Crippen molar-refractivity contribution >= 4 is 35.0 Å². The van der Waals surface area contributed by atoms with E-state index in [9.17, 15) is 19.2 Å². The molecular weight excluding hydrogens is 364 g/mol. The molecule has 0 aromatic carbocycles. The first-order valence-electron chi connectivity index (χ1n) is 9.66. The molecule has 0 atom stereocenters. The van der Waals surface area contributed by atoms with Crippen LogP contribution in [0.15, 0.2) is 12.1 Å². The van der Waals surface area contributed by atoms with Crippen molar-refractivity contribution < 1.29 is 19.2 Å². The minimum atomic E-state index is -0.850. The van der Waals surface area contributed by atoms with Crippen LogP contribution in [0.25, 0.3) is 0 Å². The number of hydrogen-bond acceptors (Lipinski definition) is 5. The molecule has 4 aliphatic carbocycles. The van der Waals surface area contributed by atoms with Gasteiger partial charge in [0, 0.05) is 4.88 Å². The molecule has 1 aromatic rings. The minimum absolute atomic E-state index is 0.296. The maximum Gasteiger partial charge on any atom is 0.335 e. The summed E-state index contributed by atoms with van der Waals surface area (Å²) in [6, 6.07) is 2.94. The average molecular weight is 386 g/mol. The van der Waals surface area contributed by atoms with Gasteiger partial charge >= 0.3 is 17.8 Å². The van der Waals surface area contributed by atoms with Crippen LogP contribution in [-0.2, 0) is 9.59 Å². The number of hydrogen-bond donors (Lipinski definition) is 0. The van der Waals surface area contributed by atoms with E-state index in [0.29, 0.717) is 22.6 Å². The molecule has 142 valence electrons. The molecule has 1 aromatic heterocycles. The molecular formula is C20H22N2O4S. The number of urea groups is 1. The lowest BCUT2D eigenvalue weighted by Gasteiger charge is -2.58. The van der Waals surface area contributed by atoms with Crippen LogP contribution in [-0.4, -0.2) is 45.5 Å². The molecule has 5 aliphatic rings. The quantitative estimate of drug-likeness (QED) is 0.453. The third-order valence-corrected chi connectivity index (χ3v) is 7.89. The maximum atomic E-state index is 13.1. The van der Waals surface area contributed by atoms with Crippen LogP contribution < -0.4 is 0 Å². The van der Waals surface area contributed by atoms with Crippen LogP contribution in [0.5, 0.6) is 0 Å². The second-order valence-electron chi connectivity index (χ2n) is 8.79.